The number of ether oxygens (including phenoxy) is 1. The molecule has 6 heteroatoms. The average molecular weight is 286 g/mol. The summed E-state index contributed by atoms with van der Waals surface area (Å²) in [5, 5.41) is 2.89. The maximum Gasteiger partial charge on any atom is 0.226 e. The van der Waals surface area contributed by atoms with Crippen molar-refractivity contribution >= 4 is 24.0 Å². The van der Waals surface area contributed by atoms with Crippen LogP contribution in [-0.4, -0.2) is 29.6 Å². The number of nitrogens with two attached hydrogens (primary N) is 1. The molecule has 106 valence electrons. The number of hydrogen-bond donors (Lipinski definition) is 2. The number of nitrogens with zero attached hydrogens (tertiary/aromatic N) is 1. The van der Waals surface area contributed by atoms with Crippen LogP contribution in [0.25, 0.3) is 0 Å². The van der Waals surface area contributed by atoms with Crippen LogP contribution in [-0.2, 0) is 16.0 Å². The molecule has 0 aromatic carbocycles. The van der Waals surface area contributed by atoms with Gasteiger partial charge in [-0.3, -0.25) is 9.78 Å². The lowest BCUT2D eigenvalue weighted by Gasteiger charge is -2.23. The number of carbonyl (C=O) groups excluding carboxylic acids is 1. The average Bonchev–Trinajstić information content (AvgIpc) is 2.78. The molecule has 0 spiro atoms. The molecule has 3 N–H and O–H groups in total. The van der Waals surface area contributed by atoms with Crippen molar-refractivity contribution in [3.63, 3.8) is 0 Å². The third kappa shape index (κ3) is 4.69. The van der Waals surface area contributed by atoms with Crippen LogP contribution < -0.4 is 11.1 Å². The van der Waals surface area contributed by atoms with Crippen molar-refractivity contribution in [3.8, 4) is 0 Å². The largest absolute Gasteiger partial charge is 0.397 e. The topological polar surface area (TPSA) is 77.2 Å². The van der Waals surface area contributed by atoms with E-state index in [1.54, 1.807) is 18.3 Å². The molecular formula is C13H20ClN3O2. The van der Waals surface area contributed by atoms with Gasteiger partial charge in [-0.25, -0.2) is 0 Å². The van der Waals surface area contributed by atoms with E-state index >= 15 is 0 Å². The third-order valence-corrected chi connectivity index (χ3v) is 3.15. The first-order valence-electron chi connectivity index (χ1n) is 6.18. The lowest BCUT2D eigenvalue weighted by atomic mass is 10.0. The van der Waals surface area contributed by atoms with Gasteiger partial charge in [0.05, 0.1) is 23.9 Å². The van der Waals surface area contributed by atoms with E-state index in [2.05, 4.69) is 10.3 Å². The van der Waals surface area contributed by atoms with E-state index in [9.17, 15) is 4.79 Å². The Hall–Kier alpha value is -1.33. The van der Waals surface area contributed by atoms with Crippen LogP contribution in [0.5, 0.6) is 0 Å². The lowest BCUT2D eigenvalue weighted by molar-refractivity contribution is -0.121. The van der Waals surface area contributed by atoms with Crippen molar-refractivity contribution in [2.45, 2.75) is 31.8 Å². The highest BCUT2D eigenvalue weighted by Gasteiger charge is 2.29. The van der Waals surface area contributed by atoms with Gasteiger partial charge in [0.2, 0.25) is 5.91 Å². The summed E-state index contributed by atoms with van der Waals surface area (Å²) in [6.45, 7) is 3.37. The van der Waals surface area contributed by atoms with Gasteiger partial charge in [-0.15, -0.1) is 12.4 Å². The second kappa shape index (κ2) is 6.73. The minimum absolute atomic E-state index is 0. The minimum atomic E-state index is -0.204. The highest BCUT2D eigenvalue weighted by Crippen LogP contribution is 2.23. The molecule has 0 radical (unpaired) electrons. The summed E-state index contributed by atoms with van der Waals surface area (Å²) in [7, 11) is 0. The Morgan fingerprint density at radius 1 is 1.58 bits per heavy atom. The van der Waals surface area contributed by atoms with E-state index in [1.165, 1.54) is 0 Å². The second-order valence-electron chi connectivity index (χ2n) is 4.94. The molecule has 0 aliphatic carbocycles. The zero-order valence-corrected chi connectivity index (χ0v) is 11.8. The monoisotopic (exact) mass is 285 g/mol. The quantitative estimate of drug-likeness (QED) is 0.874. The Labute approximate surface area is 119 Å². The van der Waals surface area contributed by atoms with Crippen LogP contribution in [0.1, 0.15) is 25.5 Å². The zero-order valence-electron chi connectivity index (χ0n) is 11.0. The summed E-state index contributed by atoms with van der Waals surface area (Å²) >= 11 is 0. The van der Waals surface area contributed by atoms with Gasteiger partial charge in [-0.05, 0) is 31.9 Å². The Morgan fingerprint density at radius 2 is 2.37 bits per heavy atom. The highest BCUT2D eigenvalue weighted by atomic mass is 35.5. The summed E-state index contributed by atoms with van der Waals surface area (Å²) < 4.78 is 5.61. The van der Waals surface area contributed by atoms with Crippen LogP contribution in [0.2, 0.25) is 0 Å². The smallest absolute Gasteiger partial charge is 0.226 e. The molecule has 1 aliphatic heterocycles. The highest BCUT2D eigenvalue weighted by molar-refractivity contribution is 5.85. The number of carbonyl (C=O) groups is 1. The number of nitrogens with one attached hydrogen (secondary N) is 1. The zero-order chi connectivity index (χ0) is 13.0. The molecule has 2 heterocycles. The summed E-state index contributed by atoms with van der Waals surface area (Å²) in [4.78, 5) is 15.9. The molecule has 1 atom stereocenters. The molecular weight excluding hydrogens is 266 g/mol. The molecule has 2 rings (SSSR count). The number of pyridine rings is 1. The summed E-state index contributed by atoms with van der Waals surface area (Å²) in [6, 6.07) is 3.51. The number of hydrogen-bond acceptors (Lipinski definition) is 4. The van der Waals surface area contributed by atoms with Crippen LogP contribution >= 0.6 is 12.4 Å². The summed E-state index contributed by atoms with van der Waals surface area (Å²) in [5.41, 5.74) is 6.66. The van der Waals surface area contributed by atoms with Gasteiger partial charge in [0.15, 0.2) is 0 Å². The lowest BCUT2D eigenvalue weighted by Crippen LogP contribution is -2.40. The van der Waals surface area contributed by atoms with Crippen LogP contribution in [0, 0.1) is 0 Å². The van der Waals surface area contributed by atoms with Crippen molar-refractivity contribution in [1.82, 2.24) is 10.3 Å². The summed E-state index contributed by atoms with van der Waals surface area (Å²) in [6.07, 6.45) is 3.89. The van der Waals surface area contributed by atoms with E-state index < -0.39 is 0 Å². The molecule has 1 aliphatic rings. The molecule has 0 bridgehead atoms. The Kier molecular flexibility index (Phi) is 5.57. The fraction of sp³-hybridized carbons (Fsp3) is 0.538. The van der Waals surface area contributed by atoms with Gasteiger partial charge < -0.3 is 15.8 Å². The number of aromatic nitrogens is 1. The SMILES string of the molecule is CC1(CNC(=O)Cc2ccc(N)cn2)CCCO1.Cl. The first-order chi connectivity index (χ1) is 8.57. The van der Waals surface area contributed by atoms with Crippen molar-refractivity contribution in [2.75, 3.05) is 18.9 Å². The molecule has 1 amide bonds. The number of anilines is 1. The van der Waals surface area contributed by atoms with E-state index in [-0.39, 0.29) is 30.3 Å². The van der Waals surface area contributed by atoms with E-state index in [0.717, 1.165) is 25.1 Å². The number of rotatable bonds is 4. The Balaban J connectivity index is 0.00000180. The van der Waals surface area contributed by atoms with E-state index in [1.807, 2.05) is 6.92 Å². The summed E-state index contributed by atoms with van der Waals surface area (Å²) in [5.74, 6) is -0.0380. The second-order valence-corrected chi connectivity index (χ2v) is 4.94. The molecule has 1 fully saturated rings. The first-order valence-corrected chi connectivity index (χ1v) is 6.18. The van der Waals surface area contributed by atoms with Crippen LogP contribution in [0.3, 0.4) is 0 Å². The number of amides is 1. The van der Waals surface area contributed by atoms with Gasteiger partial charge in [-0.1, -0.05) is 0 Å². The number of nitrogen functional groups attached to an aromatic ring is 1. The van der Waals surface area contributed by atoms with Crippen molar-refractivity contribution in [1.29, 1.82) is 0 Å². The van der Waals surface area contributed by atoms with Gasteiger partial charge in [0.25, 0.3) is 0 Å². The van der Waals surface area contributed by atoms with E-state index in [4.69, 9.17) is 10.5 Å². The molecule has 1 unspecified atom stereocenters. The molecule has 1 saturated heterocycles. The van der Waals surface area contributed by atoms with Crippen LogP contribution in [0.15, 0.2) is 18.3 Å². The Bertz CT molecular complexity index is 416. The number of halogens is 1. The van der Waals surface area contributed by atoms with E-state index in [0.29, 0.717) is 12.2 Å². The molecule has 1 aromatic heterocycles. The molecule has 5 nitrogen and oxygen atoms in total. The minimum Gasteiger partial charge on any atom is -0.397 e. The predicted molar refractivity (Wildman–Crippen MR) is 76.2 cm³/mol. The van der Waals surface area contributed by atoms with Gasteiger partial charge in [-0.2, -0.15) is 0 Å². The van der Waals surface area contributed by atoms with Crippen molar-refractivity contribution < 1.29 is 9.53 Å². The Morgan fingerprint density at radius 3 is 2.95 bits per heavy atom. The normalized spacial score (nSPS) is 21.7. The molecule has 19 heavy (non-hydrogen) atoms. The van der Waals surface area contributed by atoms with Crippen LogP contribution in [0.4, 0.5) is 5.69 Å². The van der Waals surface area contributed by atoms with Gasteiger partial charge in [0.1, 0.15) is 0 Å². The molecule has 0 saturated carbocycles. The third-order valence-electron chi connectivity index (χ3n) is 3.15. The predicted octanol–water partition coefficient (Wildman–Crippen LogP) is 1.31. The standard InChI is InChI=1S/C13H19N3O2.ClH/c1-13(5-2-6-18-13)9-16-12(17)7-11-4-3-10(14)8-15-11;/h3-4,8H,2,5-7,9,14H2,1H3,(H,16,17);1H. The van der Waals surface area contributed by atoms with Crippen molar-refractivity contribution in [3.05, 3.63) is 24.0 Å². The van der Waals surface area contributed by atoms with Crippen molar-refractivity contribution in [2.24, 2.45) is 0 Å². The fourth-order valence-electron chi connectivity index (χ4n) is 2.03. The maximum atomic E-state index is 11.8. The van der Waals surface area contributed by atoms with Gasteiger partial charge in [0, 0.05) is 18.8 Å². The first kappa shape index (κ1) is 15.7. The van der Waals surface area contributed by atoms with Gasteiger partial charge >= 0.3 is 0 Å². The molecule has 1 aromatic rings. The fourth-order valence-corrected chi connectivity index (χ4v) is 2.03. The maximum absolute atomic E-state index is 11.8.